The Balaban J connectivity index is 1.91. The molecule has 0 unspecified atom stereocenters. The van der Waals surface area contributed by atoms with E-state index in [1.807, 2.05) is 64.1 Å². The predicted molar refractivity (Wildman–Crippen MR) is 258 cm³/mol. The molecule has 16 heteroatoms. The maximum absolute atomic E-state index is 14.5. The zero-order chi connectivity index (χ0) is 49.3. The quantitative estimate of drug-likeness (QED) is 0.0432. The second-order valence-corrected chi connectivity index (χ2v) is 18.4. The number of aliphatic imine (C=N–C) groups is 1. The van der Waals surface area contributed by atoms with Gasteiger partial charge in [-0.3, -0.25) is 24.0 Å². The lowest BCUT2D eigenvalue weighted by Gasteiger charge is -2.35. The molecule has 1 fully saturated rings. The highest BCUT2D eigenvalue weighted by atomic mass is 16.5. The van der Waals surface area contributed by atoms with Gasteiger partial charge in [-0.05, 0) is 62.5 Å². The van der Waals surface area contributed by atoms with Crippen LogP contribution in [0, 0.1) is 23.7 Å². The van der Waals surface area contributed by atoms with E-state index in [2.05, 4.69) is 27.9 Å². The third kappa shape index (κ3) is 20.3. The summed E-state index contributed by atoms with van der Waals surface area (Å²) in [6.45, 7) is 10.7. The van der Waals surface area contributed by atoms with E-state index in [9.17, 15) is 33.9 Å². The zero-order valence-corrected chi connectivity index (χ0v) is 40.9. The number of alkyl carbamates (subject to hydrolysis) is 1. The minimum atomic E-state index is -1.22. The molecule has 67 heavy (non-hydrogen) atoms. The summed E-state index contributed by atoms with van der Waals surface area (Å²) in [7, 11) is 1.60. The number of ether oxygens (including phenoxy) is 3. The number of carboxylic acid groups (broad SMARTS) is 1. The molecule has 1 saturated carbocycles. The van der Waals surface area contributed by atoms with Crippen molar-refractivity contribution in [2.75, 3.05) is 26.7 Å². The number of rotatable bonds is 29. The Morgan fingerprint density at radius 1 is 0.836 bits per heavy atom. The average Bonchev–Trinajstić information content (AvgIpc) is 3.31. The molecule has 0 saturated heterocycles. The highest BCUT2D eigenvalue weighted by Crippen LogP contribution is 2.28. The van der Waals surface area contributed by atoms with Crippen LogP contribution in [0.25, 0.3) is 0 Å². The maximum atomic E-state index is 14.5. The van der Waals surface area contributed by atoms with E-state index in [1.165, 1.54) is 4.90 Å². The van der Waals surface area contributed by atoms with Crippen molar-refractivity contribution >= 4 is 41.4 Å². The van der Waals surface area contributed by atoms with Crippen molar-refractivity contribution in [2.24, 2.45) is 34.4 Å². The number of carbonyl (C=O) groups excluding carboxylic acids is 5. The smallest absolute Gasteiger partial charge is 0.407 e. The predicted octanol–water partition coefficient (Wildman–Crippen LogP) is 6.58. The van der Waals surface area contributed by atoms with E-state index in [1.54, 1.807) is 38.2 Å². The van der Waals surface area contributed by atoms with Gasteiger partial charge in [0.1, 0.15) is 24.4 Å². The molecule has 0 aliphatic heterocycles. The van der Waals surface area contributed by atoms with Crippen LogP contribution in [0.15, 0.2) is 65.7 Å². The number of benzene rings is 2. The first-order valence-corrected chi connectivity index (χ1v) is 24.2. The van der Waals surface area contributed by atoms with Gasteiger partial charge in [-0.15, -0.1) is 0 Å². The highest BCUT2D eigenvalue weighted by Gasteiger charge is 2.38. The lowest BCUT2D eigenvalue weighted by atomic mass is 9.83. The molecule has 6 N–H and O–H groups in total. The lowest BCUT2D eigenvalue weighted by Crippen LogP contribution is -2.56. The molecular weight excluding hydrogens is 857 g/mol. The summed E-state index contributed by atoms with van der Waals surface area (Å²) in [5.74, 6) is -5.85. The molecule has 2 aromatic rings. The van der Waals surface area contributed by atoms with Crippen molar-refractivity contribution in [2.45, 2.75) is 156 Å². The van der Waals surface area contributed by atoms with Gasteiger partial charge in [-0.25, -0.2) is 9.79 Å². The Hall–Kier alpha value is -5.19. The zero-order valence-electron chi connectivity index (χ0n) is 40.9. The molecular formula is C51H78N6O10. The van der Waals surface area contributed by atoms with E-state index in [0.717, 1.165) is 56.1 Å². The lowest BCUT2D eigenvalue weighted by molar-refractivity contribution is -0.147. The first-order valence-electron chi connectivity index (χ1n) is 24.2. The largest absolute Gasteiger partial charge is 0.481 e. The first-order chi connectivity index (χ1) is 32.0. The summed E-state index contributed by atoms with van der Waals surface area (Å²) in [4.78, 5) is 88.3. The number of carbonyl (C=O) groups is 6. The topological polar surface area (TPSA) is 228 Å². The van der Waals surface area contributed by atoms with Crippen molar-refractivity contribution in [1.82, 2.24) is 20.9 Å². The fraction of sp³-hybridized carbons (Fsp3) is 0.627. The van der Waals surface area contributed by atoms with Gasteiger partial charge in [-0.2, -0.15) is 0 Å². The molecule has 0 radical (unpaired) electrons. The van der Waals surface area contributed by atoms with Crippen LogP contribution in [0.1, 0.15) is 123 Å². The van der Waals surface area contributed by atoms with Gasteiger partial charge in [0, 0.05) is 19.6 Å². The van der Waals surface area contributed by atoms with E-state index in [4.69, 9.17) is 19.9 Å². The van der Waals surface area contributed by atoms with E-state index >= 15 is 0 Å². The monoisotopic (exact) mass is 935 g/mol. The molecule has 372 valence electrons. The fourth-order valence-corrected chi connectivity index (χ4v) is 8.12. The number of likely N-dealkylation sites (N-methyl/N-ethyl adjacent to an activating group) is 1. The van der Waals surface area contributed by atoms with Crippen molar-refractivity contribution in [3.8, 4) is 0 Å². The van der Waals surface area contributed by atoms with Crippen LogP contribution in [-0.2, 0) is 51.4 Å². The third-order valence-electron chi connectivity index (χ3n) is 12.2. The normalized spacial score (nSPS) is 16.4. The molecule has 0 spiro atoms. The molecule has 1 aliphatic rings. The number of nitrogens with zero attached hydrogens (tertiary/aromatic N) is 2. The molecule has 3 rings (SSSR count). The van der Waals surface area contributed by atoms with Crippen LogP contribution in [0.5, 0.6) is 0 Å². The SMILES string of the molecule is CCCCCC[C@@H](OC[C@@H](C)N)[C@@H](C)C(=O)N(C)[C@@H](CC(C)C)C(=O)N[C@H](C(=O)/N=C(/CNC(=O)OCc1ccccc1)C(=O)NC[C@H](C(=O)O)[C@H](C)OCc1ccccc1)C1CCCCC1. The summed E-state index contributed by atoms with van der Waals surface area (Å²) in [5.41, 5.74) is 7.18. The number of unbranched alkanes of at least 4 members (excludes halogenated alkanes) is 3. The Bertz CT molecular complexity index is 1860. The number of nitrogens with two attached hydrogens (primary N) is 1. The standard InChI is InChI=1S/C51H78N6O10/c1-8-9-10-20-27-44(66-31-35(4)52)36(5)49(61)57(7)43(28-34(2)3)47(59)56-45(40-25-18-13-19-26-40)48(60)55-42(30-54-51(64)67-33-39-23-16-12-17-24-39)46(58)53-29-41(50(62)63)37(6)65-32-38-21-14-11-15-22-38/h11-12,14-17,21-24,34-37,40-41,43-45H,8-10,13,18-20,25-33,52H2,1-7H3,(H,53,58)(H,54,64)(H,56,59)(H,62,63)/b55-42-/t35-,36-,37+,41+,43+,44-,45+/m1/s1. The van der Waals surface area contributed by atoms with Crippen LogP contribution in [0.3, 0.4) is 0 Å². The molecule has 7 atom stereocenters. The van der Waals surface area contributed by atoms with Crippen molar-refractivity contribution in [3.05, 3.63) is 71.8 Å². The van der Waals surface area contributed by atoms with E-state index in [-0.39, 0.29) is 50.2 Å². The molecule has 0 aromatic heterocycles. The number of hydrogen-bond acceptors (Lipinski definition) is 10. The van der Waals surface area contributed by atoms with Crippen LogP contribution in [0.2, 0.25) is 0 Å². The minimum absolute atomic E-state index is 0.00792. The van der Waals surface area contributed by atoms with Crippen molar-refractivity contribution in [1.29, 1.82) is 0 Å². The molecule has 0 heterocycles. The number of aliphatic carboxylic acids is 1. The van der Waals surface area contributed by atoms with Crippen LogP contribution < -0.4 is 21.7 Å². The molecule has 2 aromatic carbocycles. The van der Waals surface area contributed by atoms with Crippen LogP contribution in [-0.4, -0.2) is 108 Å². The number of amides is 5. The Morgan fingerprint density at radius 3 is 2.04 bits per heavy atom. The van der Waals surface area contributed by atoms with Gasteiger partial charge in [0.05, 0.1) is 43.8 Å². The molecule has 5 amide bonds. The van der Waals surface area contributed by atoms with Crippen molar-refractivity contribution in [3.63, 3.8) is 0 Å². The van der Waals surface area contributed by atoms with E-state index in [0.29, 0.717) is 25.7 Å². The highest BCUT2D eigenvalue weighted by molar-refractivity contribution is 6.41. The molecule has 0 bridgehead atoms. The maximum Gasteiger partial charge on any atom is 0.407 e. The second-order valence-electron chi connectivity index (χ2n) is 18.4. The second kappa shape index (κ2) is 30.2. The summed E-state index contributed by atoms with van der Waals surface area (Å²) in [5, 5.41) is 18.2. The van der Waals surface area contributed by atoms with Crippen LogP contribution in [0.4, 0.5) is 4.79 Å². The van der Waals surface area contributed by atoms with Gasteiger partial charge < -0.3 is 45.9 Å². The van der Waals surface area contributed by atoms with Crippen LogP contribution >= 0.6 is 0 Å². The Kier molecular flexibility index (Phi) is 25.3. The first kappa shape index (κ1) is 56.1. The van der Waals surface area contributed by atoms with Gasteiger partial charge in [-0.1, -0.05) is 133 Å². The van der Waals surface area contributed by atoms with Gasteiger partial charge in [0.2, 0.25) is 11.8 Å². The van der Waals surface area contributed by atoms with Crippen molar-refractivity contribution < 1.29 is 48.1 Å². The van der Waals surface area contributed by atoms with E-state index < -0.39 is 78.2 Å². The van der Waals surface area contributed by atoms with Gasteiger partial charge in [0.25, 0.3) is 11.8 Å². The number of carboxylic acids is 1. The summed E-state index contributed by atoms with van der Waals surface area (Å²) in [6, 6.07) is 15.9. The van der Waals surface area contributed by atoms with Gasteiger partial charge in [0.15, 0.2) is 0 Å². The third-order valence-corrected chi connectivity index (χ3v) is 12.2. The minimum Gasteiger partial charge on any atom is -0.481 e. The fourth-order valence-electron chi connectivity index (χ4n) is 8.12. The van der Waals surface area contributed by atoms with Gasteiger partial charge >= 0.3 is 12.1 Å². The Morgan fingerprint density at radius 2 is 1.46 bits per heavy atom. The summed E-state index contributed by atoms with van der Waals surface area (Å²) in [6.07, 6.45) is 6.66. The number of hydrogen-bond donors (Lipinski definition) is 5. The average molecular weight is 935 g/mol. The summed E-state index contributed by atoms with van der Waals surface area (Å²) >= 11 is 0. The molecule has 16 nitrogen and oxygen atoms in total. The number of nitrogens with one attached hydrogen (secondary N) is 3. The Labute approximate surface area is 397 Å². The molecule has 1 aliphatic carbocycles. The summed E-state index contributed by atoms with van der Waals surface area (Å²) < 4.78 is 17.4.